The minimum atomic E-state index is -0.654. The van der Waals surface area contributed by atoms with E-state index in [1.807, 2.05) is 6.26 Å². The Morgan fingerprint density at radius 1 is 1.33 bits per heavy atom. The fraction of sp³-hybridized carbons (Fsp3) is 0.579. The number of hydrogen-bond acceptors (Lipinski definition) is 5. The number of nitrogens with one attached hydrogen (secondary N) is 2. The molecule has 1 saturated carbocycles. The highest BCUT2D eigenvalue weighted by atomic mass is 32.2. The van der Waals surface area contributed by atoms with E-state index in [0.717, 1.165) is 25.0 Å². The molecule has 1 aromatic rings. The van der Waals surface area contributed by atoms with Crippen molar-refractivity contribution in [1.82, 2.24) is 10.6 Å². The van der Waals surface area contributed by atoms with Crippen molar-refractivity contribution in [2.45, 2.75) is 51.1 Å². The molecule has 1 aromatic carbocycles. The predicted molar refractivity (Wildman–Crippen MR) is 107 cm³/mol. The van der Waals surface area contributed by atoms with Crippen molar-refractivity contribution in [2.24, 2.45) is 5.92 Å². The normalized spacial score (nSPS) is 20.5. The maximum atomic E-state index is 12.8. The fourth-order valence-electron chi connectivity index (χ4n) is 3.32. The molecule has 0 aromatic heterocycles. The van der Waals surface area contributed by atoms with E-state index in [4.69, 9.17) is 0 Å². The van der Waals surface area contributed by atoms with Crippen molar-refractivity contribution in [3.8, 4) is 0 Å². The standard InChI is InChI=1S/C19H27N3O4S/c1-13-6-3-4-9-16(13)20-19(24)17(10-11-27-2)21-18(23)14-7-5-8-15(12-14)22(25)26/h5,7-8,12-13,16-17H,3-4,6,9-11H2,1-2H3,(H,20,24)(H,21,23). The van der Waals surface area contributed by atoms with Crippen LogP contribution in [0, 0.1) is 16.0 Å². The number of nitrogens with zero attached hydrogens (tertiary/aromatic N) is 1. The molecule has 3 atom stereocenters. The third-order valence-electron chi connectivity index (χ3n) is 4.99. The lowest BCUT2D eigenvalue weighted by Gasteiger charge is -2.31. The summed E-state index contributed by atoms with van der Waals surface area (Å²) in [5, 5.41) is 16.8. The van der Waals surface area contributed by atoms with Gasteiger partial charge in [0.05, 0.1) is 4.92 Å². The summed E-state index contributed by atoms with van der Waals surface area (Å²) in [5.74, 6) is 0.502. The number of carbonyl (C=O) groups excluding carboxylic acids is 2. The molecular formula is C19H27N3O4S. The molecule has 148 valence electrons. The third kappa shape index (κ3) is 6.23. The number of rotatable bonds is 8. The van der Waals surface area contributed by atoms with Gasteiger partial charge >= 0.3 is 0 Å². The lowest BCUT2D eigenvalue weighted by molar-refractivity contribution is -0.384. The number of thioether (sulfide) groups is 1. The second kappa shape index (κ2) is 10.3. The first kappa shape index (κ1) is 21.2. The molecule has 0 heterocycles. The molecule has 2 N–H and O–H groups in total. The second-order valence-electron chi connectivity index (χ2n) is 6.99. The first-order valence-electron chi connectivity index (χ1n) is 9.27. The van der Waals surface area contributed by atoms with Crippen LogP contribution in [0.3, 0.4) is 0 Å². The topological polar surface area (TPSA) is 101 Å². The van der Waals surface area contributed by atoms with Gasteiger partial charge < -0.3 is 10.6 Å². The van der Waals surface area contributed by atoms with E-state index in [-0.39, 0.29) is 23.2 Å². The highest BCUT2D eigenvalue weighted by molar-refractivity contribution is 7.98. The molecule has 0 radical (unpaired) electrons. The zero-order valence-electron chi connectivity index (χ0n) is 15.8. The van der Waals surface area contributed by atoms with Gasteiger partial charge in [-0.1, -0.05) is 25.8 Å². The van der Waals surface area contributed by atoms with Crippen LogP contribution >= 0.6 is 11.8 Å². The van der Waals surface area contributed by atoms with Gasteiger partial charge in [-0.05, 0) is 43.3 Å². The molecule has 0 bridgehead atoms. The van der Waals surface area contributed by atoms with Gasteiger partial charge in [0, 0.05) is 23.7 Å². The maximum absolute atomic E-state index is 12.8. The number of nitro benzene ring substituents is 1. The summed E-state index contributed by atoms with van der Waals surface area (Å²) in [6.07, 6.45) is 6.80. The van der Waals surface area contributed by atoms with Crippen molar-refractivity contribution in [3.05, 3.63) is 39.9 Å². The highest BCUT2D eigenvalue weighted by Gasteiger charge is 2.27. The summed E-state index contributed by atoms with van der Waals surface area (Å²) in [6.45, 7) is 2.14. The summed E-state index contributed by atoms with van der Waals surface area (Å²) in [7, 11) is 0. The fourth-order valence-corrected chi connectivity index (χ4v) is 3.79. The molecule has 1 aliphatic rings. The molecule has 7 nitrogen and oxygen atoms in total. The quantitative estimate of drug-likeness (QED) is 0.522. The van der Waals surface area contributed by atoms with Crippen LogP contribution in [0.2, 0.25) is 0 Å². The van der Waals surface area contributed by atoms with Gasteiger partial charge in [0.1, 0.15) is 6.04 Å². The number of carbonyl (C=O) groups is 2. The molecule has 1 aliphatic carbocycles. The number of amides is 2. The molecule has 8 heteroatoms. The Morgan fingerprint density at radius 3 is 2.74 bits per heavy atom. The maximum Gasteiger partial charge on any atom is 0.270 e. The minimum absolute atomic E-state index is 0.137. The second-order valence-corrected chi connectivity index (χ2v) is 7.98. The van der Waals surface area contributed by atoms with Crippen LogP contribution in [0.5, 0.6) is 0 Å². The molecule has 0 spiro atoms. The molecule has 2 amide bonds. The zero-order valence-corrected chi connectivity index (χ0v) is 16.6. The van der Waals surface area contributed by atoms with Gasteiger partial charge in [-0.3, -0.25) is 19.7 Å². The number of non-ortho nitro benzene ring substituents is 1. The summed E-state index contributed by atoms with van der Waals surface area (Å²) in [5.41, 5.74) is 0.0287. The van der Waals surface area contributed by atoms with E-state index in [2.05, 4.69) is 17.6 Å². The lowest BCUT2D eigenvalue weighted by atomic mass is 9.86. The Bertz CT molecular complexity index is 683. The van der Waals surface area contributed by atoms with Crippen LogP contribution in [0.25, 0.3) is 0 Å². The molecule has 0 aliphatic heterocycles. The Labute approximate surface area is 163 Å². The number of nitro groups is 1. The first-order valence-corrected chi connectivity index (χ1v) is 10.7. The van der Waals surface area contributed by atoms with Crippen LogP contribution in [0.1, 0.15) is 49.4 Å². The zero-order chi connectivity index (χ0) is 19.8. The van der Waals surface area contributed by atoms with Crippen molar-refractivity contribution in [3.63, 3.8) is 0 Å². The van der Waals surface area contributed by atoms with Gasteiger partial charge in [-0.15, -0.1) is 0 Å². The number of benzene rings is 1. The van der Waals surface area contributed by atoms with Crippen LogP contribution < -0.4 is 10.6 Å². The summed E-state index contributed by atoms with van der Waals surface area (Å²) in [4.78, 5) is 35.7. The van der Waals surface area contributed by atoms with Crippen LogP contribution in [-0.4, -0.2) is 40.8 Å². The van der Waals surface area contributed by atoms with E-state index in [1.54, 1.807) is 11.8 Å². The van der Waals surface area contributed by atoms with Crippen molar-refractivity contribution in [1.29, 1.82) is 0 Å². The van der Waals surface area contributed by atoms with Gasteiger partial charge in [0.15, 0.2) is 0 Å². The summed E-state index contributed by atoms with van der Waals surface area (Å²) >= 11 is 1.60. The van der Waals surface area contributed by atoms with E-state index >= 15 is 0 Å². The lowest BCUT2D eigenvalue weighted by Crippen LogP contribution is -2.51. The Hall–Kier alpha value is -2.09. The molecule has 3 unspecified atom stereocenters. The smallest absolute Gasteiger partial charge is 0.270 e. The van der Waals surface area contributed by atoms with E-state index < -0.39 is 16.9 Å². The Balaban J connectivity index is 2.06. The molecule has 1 fully saturated rings. The predicted octanol–water partition coefficient (Wildman–Crippen LogP) is 3.14. The van der Waals surface area contributed by atoms with Crippen molar-refractivity contribution in [2.75, 3.05) is 12.0 Å². The highest BCUT2D eigenvalue weighted by Crippen LogP contribution is 2.24. The minimum Gasteiger partial charge on any atom is -0.351 e. The molecule has 2 rings (SSSR count). The number of hydrogen-bond donors (Lipinski definition) is 2. The van der Waals surface area contributed by atoms with Crippen LogP contribution in [0.4, 0.5) is 5.69 Å². The van der Waals surface area contributed by atoms with Crippen LogP contribution in [-0.2, 0) is 4.79 Å². The molecule has 0 saturated heterocycles. The van der Waals surface area contributed by atoms with E-state index in [9.17, 15) is 19.7 Å². The average molecular weight is 394 g/mol. The largest absolute Gasteiger partial charge is 0.351 e. The molecular weight excluding hydrogens is 366 g/mol. The molecule has 27 heavy (non-hydrogen) atoms. The monoisotopic (exact) mass is 393 g/mol. The Morgan fingerprint density at radius 2 is 2.07 bits per heavy atom. The summed E-state index contributed by atoms with van der Waals surface area (Å²) < 4.78 is 0. The van der Waals surface area contributed by atoms with Crippen LogP contribution in [0.15, 0.2) is 24.3 Å². The van der Waals surface area contributed by atoms with Gasteiger partial charge in [0.25, 0.3) is 11.6 Å². The Kier molecular flexibility index (Phi) is 8.09. The van der Waals surface area contributed by atoms with Crippen molar-refractivity contribution >= 4 is 29.3 Å². The third-order valence-corrected chi connectivity index (χ3v) is 5.63. The van der Waals surface area contributed by atoms with Crippen molar-refractivity contribution < 1.29 is 14.5 Å². The van der Waals surface area contributed by atoms with Gasteiger partial charge in [0.2, 0.25) is 5.91 Å². The van der Waals surface area contributed by atoms with Gasteiger partial charge in [-0.25, -0.2) is 0 Å². The SMILES string of the molecule is CSCCC(NC(=O)c1cccc([N+](=O)[O-])c1)C(=O)NC1CCCCC1C. The van der Waals surface area contributed by atoms with E-state index in [0.29, 0.717) is 12.3 Å². The average Bonchev–Trinajstić information content (AvgIpc) is 2.66. The summed E-state index contributed by atoms with van der Waals surface area (Å²) in [6, 6.07) is 5.01. The first-order chi connectivity index (χ1) is 12.9. The van der Waals surface area contributed by atoms with E-state index in [1.165, 1.54) is 30.7 Å². The van der Waals surface area contributed by atoms with Gasteiger partial charge in [-0.2, -0.15) is 11.8 Å².